The number of hydrazone groups is 1. The summed E-state index contributed by atoms with van der Waals surface area (Å²) in [5.74, 6) is -0.0224. The molecular weight excluding hydrogens is 353 g/mol. The average molecular weight is 382 g/mol. The number of methoxy groups -OCH3 is 1. The third-order valence-electron chi connectivity index (χ3n) is 4.65. The number of hydrogen-bond acceptors (Lipinski definition) is 3. The second-order valence-corrected chi connectivity index (χ2v) is 8.96. The van der Waals surface area contributed by atoms with Gasteiger partial charge in [0.1, 0.15) is 11.5 Å². The van der Waals surface area contributed by atoms with Crippen LogP contribution in [0.15, 0.2) is 35.4 Å². The van der Waals surface area contributed by atoms with Crippen molar-refractivity contribution < 1.29 is 17.9 Å². The molecule has 1 aliphatic heterocycles. The third-order valence-corrected chi connectivity index (χ3v) is 4.65. The maximum Gasteiger partial charge on any atom is 0.431 e. The van der Waals surface area contributed by atoms with Crippen LogP contribution in [-0.4, -0.2) is 35.6 Å². The molecule has 0 bridgehead atoms. The van der Waals surface area contributed by atoms with Gasteiger partial charge in [-0.25, -0.2) is 0 Å². The van der Waals surface area contributed by atoms with Crippen molar-refractivity contribution in [2.24, 2.45) is 16.4 Å². The average Bonchev–Trinajstić information content (AvgIpc) is 2.93. The highest BCUT2D eigenvalue weighted by atomic mass is 19.4. The molecular formula is C21H29F3N2O. The number of ether oxygens (including phenoxy) is 1. The highest BCUT2D eigenvalue weighted by Crippen LogP contribution is 2.44. The molecule has 0 saturated heterocycles. The van der Waals surface area contributed by atoms with E-state index >= 15 is 0 Å². The van der Waals surface area contributed by atoms with Gasteiger partial charge in [0.05, 0.1) is 18.7 Å². The van der Waals surface area contributed by atoms with Crippen LogP contribution in [0.1, 0.15) is 47.1 Å². The largest absolute Gasteiger partial charge is 0.497 e. The van der Waals surface area contributed by atoms with Crippen LogP contribution in [0, 0.1) is 11.3 Å². The summed E-state index contributed by atoms with van der Waals surface area (Å²) in [5, 5.41) is 5.64. The number of alkyl halides is 3. The van der Waals surface area contributed by atoms with Gasteiger partial charge in [-0.2, -0.15) is 18.3 Å². The van der Waals surface area contributed by atoms with E-state index in [1.165, 1.54) is 0 Å². The number of nitrogens with zero attached hydrogens (tertiary/aromatic N) is 2. The van der Waals surface area contributed by atoms with Gasteiger partial charge in [-0.1, -0.05) is 45.1 Å². The highest BCUT2D eigenvalue weighted by Gasteiger charge is 2.54. The first-order chi connectivity index (χ1) is 12.2. The van der Waals surface area contributed by atoms with E-state index in [4.69, 9.17) is 4.74 Å². The number of hydrogen-bond donors (Lipinski definition) is 0. The molecule has 3 nitrogen and oxygen atoms in total. The van der Waals surface area contributed by atoms with E-state index in [1.54, 1.807) is 12.1 Å². The number of rotatable bonds is 3. The zero-order valence-electron chi connectivity index (χ0n) is 17.1. The Morgan fingerprint density at radius 2 is 1.56 bits per heavy atom. The summed E-state index contributed by atoms with van der Waals surface area (Å²) in [6.45, 7) is 11.1. The molecule has 0 amide bonds. The predicted molar refractivity (Wildman–Crippen MR) is 104 cm³/mol. The van der Waals surface area contributed by atoms with E-state index in [1.807, 2.05) is 78.0 Å². The van der Waals surface area contributed by atoms with Gasteiger partial charge in [-0.05, 0) is 43.9 Å². The Balaban J connectivity index is 2.46. The van der Waals surface area contributed by atoms with Gasteiger partial charge in [0.15, 0.2) is 0 Å². The van der Waals surface area contributed by atoms with Crippen molar-refractivity contribution in [1.29, 1.82) is 0 Å². The fraction of sp³-hybridized carbons (Fsp3) is 0.571. The molecule has 6 heteroatoms. The van der Waals surface area contributed by atoms with E-state index in [2.05, 4.69) is 5.10 Å². The molecule has 1 aromatic carbocycles. The first-order valence-corrected chi connectivity index (χ1v) is 9.02. The topological polar surface area (TPSA) is 24.8 Å². The van der Waals surface area contributed by atoms with Crippen LogP contribution in [0.3, 0.4) is 0 Å². The van der Waals surface area contributed by atoms with E-state index in [0.717, 1.165) is 11.3 Å². The van der Waals surface area contributed by atoms with Crippen LogP contribution in [0.5, 0.6) is 5.75 Å². The maximum atomic E-state index is 13.7. The second kappa shape index (κ2) is 7.21. The van der Waals surface area contributed by atoms with Crippen LogP contribution in [0.4, 0.5) is 13.2 Å². The number of benzene rings is 1. The summed E-state index contributed by atoms with van der Waals surface area (Å²) >= 11 is 0. The molecule has 0 N–H and O–H groups in total. The molecule has 150 valence electrons. The van der Waals surface area contributed by atoms with E-state index < -0.39 is 34.8 Å². The minimum absolute atomic E-state index is 0.483. The van der Waals surface area contributed by atoms with Gasteiger partial charge in [-0.3, -0.25) is 5.01 Å². The fourth-order valence-electron chi connectivity index (χ4n) is 3.42. The SMILES string of the molecule is COc1ccc(/C=C/C2C(C(C)(C)C)C(C(F)(F)F)=NN2C(C)(C)C)cc1. The zero-order valence-corrected chi connectivity index (χ0v) is 17.1. The molecule has 0 saturated carbocycles. The van der Waals surface area contributed by atoms with Crippen LogP contribution in [0.2, 0.25) is 0 Å². The minimum Gasteiger partial charge on any atom is -0.497 e. The summed E-state index contributed by atoms with van der Waals surface area (Å²) < 4.78 is 46.3. The molecule has 0 aliphatic carbocycles. The van der Waals surface area contributed by atoms with Crippen molar-refractivity contribution in [3.05, 3.63) is 35.9 Å². The van der Waals surface area contributed by atoms with E-state index in [0.29, 0.717) is 0 Å². The zero-order chi connectivity index (χ0) is 20.6. The van der Waals surface area contributed by atoms with Crippen LogP contribution < -0.4 is 4.74 Å². The van der Waals surface area contributed by atoms with Gasteiger partial charge in [0.2, 0.25) is 0 Å². The summed E-state index contributed by atoms with van der Waals surface area (Å²) in [7, 11) is 1.59. The lowest BCUT2D eigenvalue weighted by Gasteiger charge is -2.39. The van der Waals surface area contributed by atoms with Gasteiger partial charge in [0.25, 0.3) is 0 Å². The predicted octanol–water partition coefficient (Wildman–Crippen LogP) is 5.77. The Bertz CT molecular complexity index is 707. The summed E-state index contributed by atoms with van der Waals surface area (Å²) in [6.07, 6.45) is -0.758. The molecule has 1 aromatic rings. The Hall–Kier alpha value is -1.98. The minimum atomic E-state index is -4.45. The smallest absolute Gasteiger partial charge is 0.431 e. The quantitative estimate of drug-likeness (QED) is 0.663. The molecule has 2 unspecified atom stereocenters. The van der Waals surface area contributed by atoms with Crippen molar-refractivity contribution in [3.63, 3.8) is 0 Å². The van der Waals surface area contributed by atoms with Crippen molar-refractivity contribution in [2.75, 3.05) is 7.11 Å². The Kier molecular flexibility index (Phi) is 5.69. The molecule has 1 aliphatic rings. The molecule has 2 atom stereocenters. The first kappa shape index (κ1) is 21.3. The van der Waals surface area contributed by atoms with Crippen molar-refractivity contribution in [1.82, 2.24) is 5.01 Å². The molecule has 1 heterocycles. The molecule has 2 rings (SSSR count). The first-order valence-electron chi connectivity index (χ1n) is 9.02. The monoisotopic (exact) mass is 382 g/mol. The molecule has 0 radical (unpaired) electrons. The van der Waals surface area contributed by atoms with Crippen LogP contribution in [0.25, 0.3) is 6.08 Å². The lowest BCUT2D eigenvalue weighted by atomic mass is 9.73. The molecule has 0 fully saturated rings. The molecule has 0 aromatic heterocycles. The summed E-state index contributed by atoms with van der Waals surface area (Å²) in [5.41, 5.74) is -0.929. The Morgan fingerprint density at radius 3 is 1.96 bits per heavy atom. The lowest BCUT2D eigenvalue weighted by molar-refractivity contribution is -0.0646. The number of halogens is 3. The van der Waals surface area contributed by atoms with E-state index in [-0.39, 0.29) is 0 Å². The van der Waals surface area contributed by atoms with Gasteiger partial charge < -0.3 is 4.74 Å². The summed E-state index contributed by atoms with van der Waals surface area (Å²) in [4.78, 5) is 0. The lowest BCUT2D eigenvalue weighted by Crippen LogP contribution is -2.47. The van der Waals surface area contributed by atoms with E-state index in [9.17, 15) is 13.2 Å². The summed E-state index contributed by atoms with van der Waals surface area (Å²) in [6, 6.07) is 6.93. The third kappa shape index (κ3) is 4.85. The fourth-order valence-corrected chi connectivity index (χ4v) is 3.42. The van der Waals surface area contributed by atoms with Crippen molar-refractivity contribution in [3.8, 4) is 5.75 Å². The molecule has 0 spiro atoms. The standard InChI is InChI=1S/C21H29F3N2O/c1-19(2,3)17-16(13-10-14-8-11-15(27-7)12-9-14)26(20(4,5)6)25-18(17)21(22,23)24/h8-13,16-17H,1-7H3/b13-10+. The normalized spacial score (nSPS) is 21.7. The maximum absolute atomic E-state index is 13.7. The van der Waals surface area contributed by atoms with Gasteiger partial charge in [-0.15, -0.1) is 0 Å². The Labute approximate surface area is 159 Å². The molecule has 27 heavy (non-hydrogen) atoms. The van der Waals surface area contributed by atoms with Gasteiger partial charge in [0, 0.05) is 5.92 Å². The van der Waals surface area contributed by atoms with Crippen LogP contribution in [-0.2, 0) is 0 Å². The van der Waals surface area contributed by atoms with Crippen molar-refractivity contribution in [2.45, 2.75) is 59.3 Å². The van der Waals surface area contributed by atoms with Gasteiger partial charge >= 0.3 is 6.18 Å². The van der Waals surface area contributed by atoms with Crippen LogP contribution >= 0.6 is 0 Å². The van der Waals surface area contributed by atoms with Crippen molar-refractivity contribution >= 4 is 11.8 Å². The Morgan fingerprint density at radius 1 is 1.00 bits per heavy atom. The highest BCUT2D eigenvalue weighted by molar-refractivity contribution is 5.94. The second-order valence-electron chi connectivity index (χ2n) is 8.96.